The predicted octanol–water partition coefficient (Wildman–Crippen LogP) is 7.94. The van der Waals surface area contributed by atoms with Gasteiger partial charge >= 0.3 is 11.9 Å². The largest absolute Gasteiger partial charge is 0.491 e. The highest BCUT2D eigenvalue weighted by atomic mass is 32.2. The lowest BCUT2D eigenvalue weighted by Crippen LogP contribution is -2.39. The molecule has 2 aromatic carbocycles. The zero-order valence-corrected chi connectivity index (χ0v) is 31.3. The van der Waals surface area contributed by atoms with E-state index < -0.39 is 29.7 Å². The number of esters is 2. The van der Waals surface area contributed by atoms with Crippen LogP contribution in [0.3, 0.4) is 0 Å². The van der Waals surface area contributed by atoms with Gasteiger partial charge in [-0.15, -0.1) is 0 Å². The summed E-state index contributed by atoms with van der Waals surface area (Å²) >= 11 is 1.67. The molecule has 0 heterocycles. The van der Waals surface area contributed by atoms with Gasteiger partial charge < -0.3 is 29.2 Å². The van der Waals surface area contributed by atoms with Gasteiger partial charge in [0.1, 0.15) is 43.0 Å². The van der Waals surface area contributed by atoms with Crippen LogP contribution in [0.2, 0.25) is 0 Å². The molecular weight excluding hydrogens is 628 g/mol. The van der Waals surface area contributed by atoms with E-state index in [1.54, 1.807) is 11.8 Å². The standard InChI is InChI=1S/C39H56O8S/c1-13-35(42)46-24-28(41)23-45-32-18-26(6)34(20-30(32)38(10,11)12)48-33-19-29(37(7,8)9)31(17-25(33)5)44-22-27(40)21-39(15-3,16-4)47-36(43)14-2/h13-14,17-20,27-28,40-41H,1-2,15-16,21-24H2,3-12H3. The van der Waals surface area contributed by atoms with Crippen LogP contribution in [0.5, 0.6) is 11.5 Å². The first-order valence-corrected chi connectivity index (χ1v) is 17.3. The van der Waals surface area contributed by atoms with Gasteiger partial charge in [0.2, 0.25) is 0 Å². The first-order valence-electron chi connectivity index (χ1n) is 16.5. The van der Waals surface area contributed by atoms with Crippen LogP contribution in [-0.4, -0.2) is 59.8 Å². The molecular formula is C39H56O8S. The number of hydrogen-bond donors (Lipinski definition) is 2. The van der Waals surface area contributed by atoms with Gasteiger partial charge in [0.15, 0.2) is 0 Å². The molecule has 0 amide bonds. The summed E-state index contributed by atoms with van der Waals surface area (Å²) in [6.07, 6.45) is 1.77. The van der Waals surface area contributed by atoms with Crippen LogP contribution in [0, 0.1) is 13.8 Å². The molecule has 0 fully saturated rings. The topological polar surface area (TPSA) is 112 Å². The van der Waals surface area contributed by atoms with Gasteiger partial charge in [-0.05, 0) is 72.9 Å². The minimum absolute atomic E-state index is 0.0263. The third-order valence-corrected chi connectivity index (χ3v) is 9.54. The maximum atomic E-state index is 12.0. The molecule has 9 heteroatoms. The Morgan fingerprint density at radius 1 is 0.750 bits per heavy atom. The van der Waals surface area contributed by atoms with Crippen molar-refractivity contribution in [3.63, 3.8) is 0 Å². The second kappa shape index (κ2) is 17.4. The van der Waals surface area contributed by atoms with Gasteiger partial charge in [0.25, 0.3) is 0 Å². The predicted molar refractivity (Wildman–Crippen MR) is 192 cm³/mol. The molecule has 0 aliphatic heterocycles. The molecule has 0 radical (unpaired) electrons. The van der Waals surface area contributed by atoms with Crippen molar-refractivity contribution in [3.8, 4) is 11.5 Å². The summed E-state index contributed by atoms with van der Waals surface area (Å²) in [5.74, 6) is 0.281. The van der Waals surface area contributed by atoms with Crippen molar-refractivity contribution < 1.29 is 38.7 Å². The Morgan fingerprint density at radius 2 is 1.19 bits per heavy atom. The van der Waals surface area contributed by atoms with Crippen LogP contribution in [0.25, 0.3) is 0 Å². The fourth-order valence-corrected chi connectivity index (χ4v) is 6.23. The molecule has 2 unspecified atom stereocenters. The normalized spacial score (nSPS) is 13.3. The van der Waals surface area contributed by atoms with E-state index >= 15 is 0 Å². The summed E-state index contributed by atoms with van der Waals surface area (Å²) < 4.78 is 22.9. The maximum absolute atomic E-state index is 12.0. The molecule has 8 nitrogen and oxygen atoms in total. The van der Waals surface area contributed by atoms with Gasteiger partial charge in [0, 0.05) is 39.5 Å². The monoisotopic (exact) mass is 684 g/mol. The number of ether oxygens (including phenoxy) is 4. The van der Waals surface area contributed by atoms with Crippen molar-refractivity contribution in [2.75, 3.05) is 19.8 Å². The van der Waals surface area contributed by atoms with Gasteiger partial charge in [-0.3, -0.25) is 0 Å². The molecule has 0 aromatic heterocycles. The summed E-state index contributed by atoms with van der Waals surface area (Å²) in [6.45, 7) is 27.4. The molecule has 2 rings (SSSR count). The van der Waals surface area contributed by atoms with Crippen LogP contribution < -0.4 is 9.47 Å². The first kappa shape index (κ1) is 40.9. The number of aliphatic hydroxyl groups excluding tert-OH is 2. The van der Waals surface area contributed by atoms with Crippen molar-refractivity contribution in [2.24, 2.45) is 0 Å². The molecule has 0 spiro atoms. The number of rotatable bonds is 17. The highest BCUT2D eigenvalue weighted by Crippen LogP contribution is 2.43. The SMILES string of the molecule is C=CC(=O)OCC(O)COc1cc(C)c(Sc2cc(C(C)(C)C)c(OCC(O)CC(CC)(CC)OC(=O)C=C)cc2C)cc1C(C)(C)C. The van der Waals surface area contributed by atoms with E-state index in [4.69, 9.17) is 18.9 Å². The van der Waals surface area contributed by atoms with E-state index in [0.717, 1.165) is 44.2 Å². The third kappa shape index (κ3) is 11.7. The van der Waals surface area contributed by atoms with Crippen LogP contribution in [-0.2, 0) is 29.9 Å². The van der Waals surface area contributed by atoms with Crippen molar-refractivity contribution in [1.29, 1.82) is 0 Å². The third-order valence-electron chi connectivity index (χ3n) is 8.22. The minimum Gasteiger partial charge on any atom is -0.491 e. The minimum atomic E-state index is -0.980. The molecule has 48 heavy (non-hydrogen) atoms. The molecule has 0 aliphatic rings. The van der Waals surface area contributed by atoms with Crippen molar-refractivity contribution >= 4 is 23.7 Å². The fraction of sp³-hybridized carbons (Fsp3) is 0.538. The summed E-state index contributed by atoms with van der Waals surface area (Å²) in [5, 5.41) is 21.3. The lowest BCUT2D eigenvalue weighted by molar-refractivity contribution is -0.158. The van der Waals surface area contributed by atoms with Crippen LogP contribution >= 0.6 is 11.8 Å². The van der Waals surface area contributed by atoms with E-state index in [2.05, 4.69) is 66.8 Å². The van der Waals surface area contributed by atoms with Crippen LogP contribution in [0.15, 0.2) is 59.4 Å². The van der Waals surface area contributed by atoms with Gasteiger partial charge in [-0.2, -0.15) is 0 Å². The smallest absolute Gasteiger partial charge is 0.330 e. The Morgan fingerprint density at radius 3 is 1.58 bits per heavy atom. The quantitative estimate of drug-likeness (QED) is 0.127. The van der Waals surface area contributed by atoms with E-state index in [9.17, 15) is 19.8 Å². The second-order valence-electron chi connectivity index (χ2n) is 14.3. The lowest BCUT2D eigenvalue weighted by atomic mass is 9.85. The molecule has 266 valence electrons. The Balaban J connectivity index is 2.35. The molecule has 0 bridgehead atoms. The van der Waals surface area contributed by atoms with E-state index in [-0.39, 0.29) is 37.1 Å². The Labute approximate surface area is 291 Å². The average molecular weight is 685 g/mol. The van der Waals surface area contributed by atoms with Crippen molar-refractivity contribution in [2.45, 2.75) is 127 Å². The Hall–Kier alpha value is -3.27. The van der Waals surface area contributed by atoms with Gasteiger partial charge in [-0.1, -0.05) is 80.3 Å². The zero-order chi connectivity index (χ0) is 36.4. The Bertz CT molecular complexity index is 1430. The fourth-order valence-electron chi connectivity index (χ4n) is 5.20. The molecule has 2 aromatic rings. The van der Waals surface area contributed by atoms with E-state index in [1.807, 2.05) is 39.8 Å². The molecule has 2 atom stereocenters. The summed E-state index contributed by atoms with van der Waals surface area (Å²) in [6, 6.07) is 8.32. The zero-order valence-electron chi connectivity index (χ0n) is 30.5. The number of benzene rings is 2. The lowest BCUT2D eigenvalue weighted by Gasteiger charge is -2.33. The maximum Gasteiger partial charge on any atom is 0.330 e. The Kier molecular flexibility index (Phi) is 14.8. The summed E-state index contributed by atoms with van der Waals surface area (Å²) in [5.41, 5.74) is 2.76. The van der Waals surface area contributed by atoms with Gasteiger partial charge in [-0.25, -0.2) is 9.59 Å². The number of carbonyl (C=O) groups excluding carboxylic acids is 2. The molecule has 2 N–H and O–H groups in total. The number of carbonyl (C=O) groups is 2. The molecule has 0 saturated carbocycles. The van der Waals surface area contributed by atoms with Crippen molar-refractivity contribution in [3.05, 3.63) is 71.8 Å². The van der Waals surface area contributed by atoms with E-state index in [0.29, 0.717) is 24.3 Å². The summed E-state index contributed by atoms with van der Waals surface area (Å²) in [4.78, 5) is 25.5. The van der Waals surface area contributed by atoms with Crippen LogP contribution in [0.4, 0.5) is 0 Å². The number of aryl methyl sites for hydroxylation is 2. The number of aliphatic hydroxyl groups is 2. The molecule has 0 saturated heterocycles. The molecule has 0 aliphatic carbocycles. The highest BCUT2D eigenvalue weighted by Gasteiger charge is 2.33. The average Bonchev–Trinajstić information content (AvgIpc) is 3.01. The van der Waals surface area contributed by atoms with Gasteiger partial charge in [0.05, 0.1) is 6.10 Å². The number of hydrogen-bond acceptors (Lipinski definition) is 9. The summed E-state index contributed by atoms with van der Waals surface area (Å²) in [7, 11) is 0. The van der Waals surface area contributed by atoms with E-state index in [1.165, 1.54) is 0 Å². The van der Waals surface area contributed by atoms with Crippen LogP contribution in [0.1, 0.15) is 96.9 Å². The first-order chi connectivity index (χ1) is 22.3. The second-order valence-corrected chi connectivity index (χ2v) is 15.4. The highest BCUT2D eigenvalue weighted by molar-refractivity contribution is 7.99. The van der Waals surface area contributed by atoms with Crippen molar-refractivity contribution in [1.82, 2.24) is 0 Å².